The molecule has 1 nitrogen and oxygen atoms in total. The first-order chi connectivity index (χ1) is 7.26. The van der Waals surface area contributed by atoms with Crippen molar-refractivity contribution in [2.45, 2.75) is 38.0 Å². The van der Waals surface area contributed by atoms with Crippen LogP contribution in [0.3, 0.4) is 0 Å². The van der Waals surface area contributed by atoms with Crippen molar-refractivity contribution in [3.8, 4) is 0 Å². The lowest BCUT2D eigenvalue weighted by Gasteiger charge is -2.13. The van der Waals surface area contributed by atoms with Crippen molar-refractivity contribution >= 4 is 0 Å². The number of aryl methyl sites for hydroxylation is 1. The van der Waals surface area contributed by atoms with Gasteiger partial charge in [-0.25, -0.2) is 0 Å². The topological polar surface area (TPSA) is 20.2 Å². The fraction of sp³-hybridized carbons (Fsp3) is 0.500. The largest absolute Gasteiger partial charge is 0.396 e. The highest BCUT2D eigenvalue weighted by molar-refractivity contribution is 5.38. The molecule has 0 spiro atoms. The minimum Gasteiger partial charge on any atom is -0.396 e. The Morgan fingerprint density at radius 3 is 2.73 bits per heavy atom. The van der Waals surface area contributed by atoms with E-state index in [0.717, 1.165) is 12.3 Å². The summed E-state index contributed by atoms with van der Waals surface area (Å²) in [7, 11) is 0. The monoisotopic (exact) mass is 203 g/mol. The summed E-state index contributed by atoms with van der Waals surface area (Å²) in [5.74, 6) is 0.805. The van der Waals surface area contributed by atoms with E-state index in [0.29, 0.717) is 0 Å². The summed E-state index contributed by atoms with van der Waals surface area (Å²) in [5.41, 5.74) is 4.14. The molecule has 81 valence electrons. The molecule has 1 atom stereocenters. The molecular formula is C14H19O. The molecule has 2 rings (SSSR count). The highest BCUT2D eigenvalue weighted by Gasteiger charge is 2.26. The van der Waals surface area contributed by atoms with Crippen LogP contribution in [0.15, 0.2) is 18.2 Å². The number of rotatable bonds is 4. The molecular weight excluding hydrogens is 184 g/mol. The van der Waals surface area contributed by atoms with Gasteiger partial charge in [-0.2, -0.15) is 0 Å². The van der Waals surface area contributed by atoms with Gasteiger partial charge in [0.25, 0.3) is 0 Å². The van der Waals surface area contributed by atoms with Crippen molar-refractivity contribution < 1.29 is 5.11 Å². The quantitative estimate of drug-likeness (QED) is 0.797. The lowest BCUT2D eigenvalue weighted by Crippen LogP contribution is -2.01. The zero-order valence-electron chi connectivity index (χ0n) is 9.37. The first-order valence-corrected chi connectivity index (χ1v) is 5.83. The van der Waals surface area contributed by atoms with Gasteiger partial charge in [0, 0.05) is 12.5 Å². The molecule has 0 aliphatic heterocycles. The molecule has 1 N–H and O–H groups in total. The lowest BCUT2D eigenvalue weighted by molar-refractivity contribution is 0.282. The van der Waals surface area contributed by atoms with Gasteiger partial charge in [0.05, 0.1) is 0 Å². The Hall–Kier alpha value is -0.820. The van der Waals surface area contributed by atoms with E-state index >= 15 is 0 Å². The Labute approximate surface area is 92.1 Å². The third kappa shape index (κ3) is 2.23. The summed E-state index contributed by atoms with van der Waals surface area (Å²) in [6.07, 6.45) is 3.77. The third-order valence-electron chi connectivity index (χ3n) is 3.26. The molecule has 1 aromatic rings. The zero-order chi connectivity index (χ0) is 10.8. The number of hydrogen-bond donors (Lipinski definition) is 1. The number of hydrogen-bond acceptors (Lipinski definition) is 1. The van der Waals surface area contributed by atoms with Crippen molar-refractivity contribution in [2.75, 3.05) is 6.61 Å². The van der Waals surface area contributed by atoms with Crippen molar-refractivity contribution in [3.63, 3.8) is 0 Å². The van der Waals surface area contributed by atoms with Crippen molar-refractivity contribution in [1.29, 1.82) is 0 Å². The molecule has 0 heterocycles. The van der Waals surface area contributed by atoms with Gasteiger partial charge in [0.1, 0.15) is 0 Å². The van der Waals surface area contributed by atoms with Gasteiger partial charge < -0.3 is 5.11 Å². The first kappa shape index (κ1) is 10.7. The normalized spacial score (nSPS) is 17.8. The molecule has 0 saturated heterocycles. The average molecular weight is 203 g/mol. The molecule has 1 aliphatic carbocycles. The van der Waals surface area contributed by atoms with Crippen molar-refractivity contribution in [3.05, 3.63) is 41.8 Å². The van der Waals surface area contributed by atoms with Gasteiger partial charge in [0.15, 0.2) is 0 Å². The Morgan fingerprint density at radius 2 is 2.20 bits per heavy atom. The van der Waals surface area contributed by atoms with Crippen LogP contribution in [0.2, 0.25) is 0 Å². The number of benzene rings is 1. The predicted octanol–water partition coefficient (Wildman–Crippen LogP) is 3.04. The second kappa shape index (κ2) is 4.36. The van der Waals surface area contributed by atoms with Crippen molar-refractivity contribution in [1.82, 2.24) is 0 Å². The molecule has 0 aromatic heterocycles. The van der Waals surface area contributed by atoms with Crippen LogP contribution in [0.5, 0.6) is 0 Å². The van der Waals surface area contributed by atoms with Gasteiger partial charge in [-0.1, -0.05) is 25.1 Å². The van der Waals surface area contributed by atoms with Crippen molar-refractivity contribution in [2.24, 2.45) is 0 Å². The van der Waals surface area contributed by atoms with Gasteiger partial charge in [-0.3, -0.25) is 0 Å². The Kier molecular flexibility index (Phi) is 3.11. The van der Waals surface area contributed by atoms with Crippen LogP contribution >= 0.6 is 0 Å². The molecule has 1 saturated carbocycles. The smallest absolute Gasteiger partial charge is 0.0499 e. The lowest BCUT2D eigenvalue weighted by atomic mass is 9.93. The van der Waals surface area contributed by atoms with Crippen LogP contribution < -0.4 is 0 Å². The summed E-state index contributed by atoms with van der Waals surface area (Å²) in [4.78, 5) is 0. The molecule has 0 amide bonds. The maximum atomic E-state index is 9.10. The molecule has 1 radical (unpaired) electrons. The predicted molar refractivity (Wildman–Crippen MR) is 63.0 cm³/mol. The molecule has 1 unspecified atom stereocenters. The Bertz CT molecular complexity index is 339. The standard InChI is InChI=1S/C14H19O/c1-3-11-4-7-13(10(2)9-15)8-14(11)12-5-6-12/h4,7-8,10,12,15H,2-3,5-6,9H2,1H3. The van der Waals surface area contributed by atoms with Crippen LogP contribution in [0.1, 0.15) is 48.3 Å². The highest BCUT2D eigenvalue weighted by atomic mass is 16.3. The minimum atomic E-state index is 0.0217. The summed E-state index contributed by atoms with van der Waals surface area (Å²) >= 11 is 0. The zero-order valence-corrected chi connectivity index (χ0v) is 9.37. The van der Waals surface area contributed by atoms with Gasteiger partial charge in [-0.05, 0) is 48.8 Å². The van der Waals surface area contributed by atoms with E-state index in [1.54, 1.807) is 0 Å². The summed E-state index contributed by atoms with van der Waals surface area (Å²) < 4.78 is 0. The van der Waals surface area contributed by atoms with Crippen LogP contribution in [0, 0.1) is 6.92 Å². The minimum absolute atomic E-state index is 0.0217. The van der Waals surface area contributed by atoms with E-state index in [1.807, 2.05) is 0 Å². The fourth-order valence-electron chi connectivity index (χ4n) is 2.07. The Morgan fingerprint density at radius 1 is 1.47 bits per heavy atom. The maximum Gasteiger partial charge on any atom is 0.0499 e. The third-order valence-corrected chi connectivity index (χ3v) is 3.26. The van der Waals surface area contributed by atoms with E-state index < -0.39 is 0 Å². The van der Waals surface area contributed by atoms with Gasteiger partial charge in [0.2, 0.25) is 0 Å². The number of aliphatic hydroxyl groups excluding tert-OH is 1. The average Bonchev–Trinajstić information content (AvgIpc) is 3.11. The van der Waals surface area contributed by atoms with Gasteiger partial charge >= 0.3 is 0 Å². The molecule has 1 fully saturated rings. The molecule has 15 heavy (non-hydrogen) atoms. The Balaban J connectivity index is 2.31. The fourth-order valence-corrected chi connectivity index (χ4v) is 2.07. The van der Waals surface area contributed by atoms with Crippen LogP contribution in [-0.4, -0.2) is 11.7 Å². The van der Waals surface area contributed by atoms with E-state index in [2.05, 4.69) is 32.0 Å². The van der Waals surface area contributed by atoms with Crippen LogP contribution in [0.25, 0.3) is 0 Å². The molecule has 1 aromatic carbocycles. The molecule has 1 heteroatoms. The van der Waals surface area contributed by atoms with Crippen LogP contribution in [0.4, 0.5) is 0 Å². The first-order valence-electron chi connectivity index (χ1n) is 5.83. The number of aliphatic hydroxyl groups is 1. The van der Waals surface area contributed by atoms with Crippen LogP contribution in [-0.2, 0) is 6.42 Å². The van der Waals surface area contributed by atoms with Gasteiger partial charge in [-0.15, -0.1) is 0 Å². The summed E-state index contributed by atoms with van der Waals surface area (Å²) in [5, 5.41) is 9.10. The maximum absolute atomic E-state index is 9.10. The van der Waals surface area contributed by atoms with E-state index in [4.69, 9.17) is 5.11 Å². The highest BCUT2D eigenvalue weighted by Crippen LogP contribution is 2.42. The second-order valence-corrected chi connectivity index (χ2v) is 4.47. The van der Waals surface area contributed by atoms with E-state index in [-0.39, 0.29) is 12.5 Å². The summed E-state index contributed by atoms with van der Waals surface area (Å²) in [6.45, 7) is 6.29. The molecule has 1 aliphatic rings. The van der Waals surface area contributed by atoms with E-state index in [1.165, 1.54) is 29.5 Å². The second-order valence-electron chi connectivity index (χ2n) is 4.47. The summed E-state index contributed by atoms with van der Waals surface area (Å²) in [6, 6.07) is 6.57. The van der Waals surface area contributed by atoms with E-state index in [9.17, 15) is 0 Å². The molecule has 0 bridgehead atoms. The SMILES string of the molecule is [CH2]C(CO)c1ccc(CC)c(C2CC2)c1.